The molecule has 0 saturated carbocycles. The number of carbonyl (C=O) groups excluding carboxylic acids is 1. The molecule has 0 aliphatic carbocycles. The quantitative estimate of drug-likeness (QED) is 0.228. The fourth-order valence-electron chi connectivity index (χ4n) is 5.39. The first-order valence-corrected chi connectivity index (χ1v) is 14.0. The lowest BCUT2D eigenvalue weighted by Crippen LogP contribution is -2.44. The number of amides is 1. The van der Waals surface area contributed by atoms with Crippen LogP contribution in [0.3, 0.4) is 0 Å². The van der Waals surface area contributed by atoms with Crippen LogP contribution >= 0.6 is 12.2 Å². The van der Waals surface area contributed by atoms with Gasteiger partial charge in [-0.05, 0) is 70.2 Å². The van der Waals surface area contributed by atoms with Gasteiger partial charge < -0.3 is 14.5 Å². The number of nitrogens with zero attached hydrogens (tertiary/aromatic N) is 5. The van der Waals surface area contributed by atoms with Crippen molar-refractivity contribution in [3.8, 4) is 23.1 Å². The highest BCUT2D eigenvalue weighted by molar-refractivity contribution is 7.81. The second kappa shape index (κ2) is 11.6. The molecule has 0 atom stereocenters. The summed E-state index contributed by atoms with van der Waals surface area (Å²) in [5, 5.41) is 8.57. The summed E-state index contributed by atoms with van der Waals surface area (Å²) >= 11 is 5.35. The van der Waals surface area contributed by atoms with Crippen LogP contribution in [0.15, 0.2) is 36.5 Å². The third kappa shape index (κ3) is 5.68. The summed E-state index contributed by atoms with van der Waals surface area (Å²) in [6.07, 6.45) is -3.45. The summed E-state index contributed by atoms with van der Waals surface area (Å²) in [5.74, 6) is -6.60. The Morgan fingerprint density at radius 2 is 1.67 bits per heavy atom. The number of anilines is 2. The van der Waals surface area contributed by atoms with Crippen LogP contribution in [-0.2, 0) is 11.0 Å². The lowest BCUT2D eigenvalue weighted by molar-refractivity contribution is -0.140. The molecule has 3 heterocycles. The van der Waals surface area contributed by atoms with E-state index >= 15 is 8.78 Å². The van der Waals surface area contributed by atoms with E-state index in [1.54, 1.807) is 0 Å². The predicted octanol–water partition coefficient (Wildman–Crippen LogP) is 6.59. The van der Waals surface area contributed by atoms with Gasteiger partial charge >= 0.3 is 6.18 Å². The normalized spacial score (nSPS) is 17.6. The fraction of sp³-hybridized carbons (Fsp3) is 0.333. The van der Waals surface area contributed by atoms with Crippen LogP contribution in [0.1, 0.15) is 37.8 Å². The maximum atomic E-state index is 15.5. The highest BCUT2D eigenvalue weighted by Gasteiger charge is 2.52. The Morgan fingerprint density at radius 1 is 1.04 bits per heavy atom. The van der Waals surface area contributed by atoms with E-state index in [4.69, 9.17) is 22.2 Å². The van der Waals surface area contributed by atoms with E-state index in [0.29, 0.717) is 36.9 Å². The lowest BCUT2D eigenvalue weighted by Gasteiger charge is -2.29. The minimum absolute atomic E-state index is 0.143. The first-order valence-electron chi connectivity index (χ1n) is 13.5. The van der Waals surface area contributed by atoms with E-state index in [0.717, 1.165) is 35.4 Å². The number of hydrogen-bond donors (Lipinski definition) is 0. The highest BCUT2D eigenvalue weighted by Crippen LogP contribution is 2.42. The number of thiocarbonyl (C=S) groups is 1. The van der Waals surface area contributed by atoms with E-state index in [9.17, 15) is 26.7 Å². The molecule has 2 aromatic carbocycles. The molecule has 5 rings (SSSR count). The van der Waals surface area contributed by atoms with E-state index < -0.39 is 80.4 Å². The number of carbonyl (C=O) groups is 1. The highest BCUT2D eigenvalue weighted by atomic mass is 32.1. The molecule has 0 spiro atoms. The minimum Gasteiger partial charge on any atom is -0.484 e. The zero-order valence-electron chi connectivity index (χ0n) is 24.0. The van der Waals surface area contributed by atoms with Gasteiger partial charge in [0.2, 0.25) is 0 Å². The molecule has 2 aliphatic rings. The second-order valence-electron chi connectivity index (χ2n) is 11.2. The fourth-order valence-corrected chi connectivity index (χ4v) is 5.90. The van der Waals surface area contributed by atoms with Crippen molar-refractivity contribution in [2.45, 2.75) is 44.5 Å². The molecule has 2 saturated heterocycles. The lowest BCUT2D eigenvalue weighted by atomic mass is 10.0. The van der Waals surface area contributed by atoms with Crippen molar-refractivity contribution < 1.29 is 40.3 Å². The molecule has 0 bridgehead atoms. The standard InChI is InChI=1S/C30H24F7N5O2S/c1-29(2)27(43)41(22-5-4-15(13-38)23(24(22)34)30(35,36)37)28(45)42(29)17-12-19(31)25(39-14-17)16-10-20(32)26(21(33)11-16)44-18-6-8-40(3)9-7-18/h4-5,10-12,14,18H,6-9H2,1-3H3. The van der Waals surface area contributed by atoms with Crippen molar-refractivity contribution in [2.75, 3.05) is 29.9 Å². The third-order valence-corrected chi connectivity index (χ3v) is 8.11. The van der Waals surface area contributed by atoms with E-state index in [-0.39, 0.29) is 11.3 Å². The molecule has 0 radical (unpaired) electrons. The number of ether oxygens (including phenoxy) is 1. The summed E-state index contributed by atoms with van der Waals surface area (Å²) in [7, 11) is 1.92. The first-order chi connectivity index (χ1) is 21.1. The maximum absolute atomic E-state index is 15.5. The smallest absolute Gasteiger partial charge is 0.420 e. The van der Waals surface area contributed by atoms with Gasteiger partial charge in [0.05, 0.1) is 29.2 Å². The van der Waals surface area contributed by atoms with Crippen molar-refractivity contribution in [1.82, 2.24) is 9.88 Å². The number of benzene rings is 2. The van der Waals surface area contributed by atoms with E-state index in [1.807, 2.05) is 7.05 Å². The molecule has 7 nitrogen and oxygen atoms in total. The third-order valence-electron chi connectivity index (χ3n) is 7.74. The summed E-state index contributed by atoms with van der Waals surface area (Å²) < 4.78 is 107. The van der Waals surface area contributed by atoms with Crippen molar-refractivity contribution in [1.29, 1.82) is 5.26 Å². The molecule has 2 aliphatic heterocycles. The zero-order chi connectivity index (χ0) is 33.0. The summed E-state index contributed by atoms with van der Waals surface area (Å²) in [6, 6.07) is 5.43. The van der Waals surface area contributed by atoms with Gasteiger partial charge in [-0.25, -0.2) is 17.6 Å². The monoisotopic (exact) mass is 651 g/mol. The molecule has 2 fully saturated rings. The Morgan fingerprint density at radius 3 is 2.22 bits per heavy atom. The molecule has 3 aromatic rings. The SMILES string of the molecule is CN1CCC(Oc2c(F)cc(-c3ncc(N4C(=S)N(c5ccc(C#N)c(C(F)(F)F)c5F)C(=O)C4(C)C)cc3F)cc2F)CC1. The van der Waals surface area contributed by atoms with Gasteiger partial charge in [0.15, 0.2) is 34.1 Å². The molecule has 236 valence electrons. The zero-order valence-corrected chi connectivity index (χ0v) is 24.8. The summed E-state index contributed by atoms with van der Waals surface area (Å²) in [4.78, 5) is 21.0. The number of pyridine rings is 1. The van der Waals surface area contributed by atoms with Crippen LogP contribution in [0.5, 0.6) is 5.75 Å². The number of nitriles is 1. The number of likely N-dealkylation sites (tertiary alicyclic amines) is 1. The van der Waals surface area contributed by atoms with Crippen LogP contribution in [0, 0.1) is 34.6 Å². The molecular weight excluding hydrogens is 627 g/mol. The Kier molecular flexibility index (Phi) is 8.26. The average Bonchev–Trinajstić information content (AvgIpc) is 3.13. The number of alkyl halides is 3. The number of aromatic nitrogens is 1. The van der Waals surface area contributed by atoms with Gasteiger partial charge in [-0.15, -0.1) is 0 Å². The molecule has 45 heavy (non-hydrogen) atoms. The summed E-state index contributed by atoms with van der Waals surface area (Å²) in [5.41, 5.74) is -6.22. The molecular formula is C30H24F7N5O2S. The average molecular weight is 652 g/mol. The van der Waals surface area contributed by atoms with Gasteiger partial charge in [0, 0.05) is 24.7 Å². The van der Waals surface area contributed by atoms with E-state index in [1.165, 1.54) is 19.9 Å². The van der Waals surface area contributed by atoms with Crippen LogP contribution < -0.4 is 14.5 Å². The number of halogens is 7. The van der Waals surface area contributed by atoms with Gasteiger partial charge in [0.1, 0.15) is 22.9 Å². The van der Waals surface area contributed by atoms with Crippen molar-refractivity contribution >= 4 is 34.6 Å². The van der Waals surface area contributed by atoms with Crippen molar-refractivity contribution in [3.63, 3.8) is 0 Å². The first kappa shape index (κ1) is 32.1. The number of hydrogen-bond acceptors (Lipinski definition) is 6. The largest absolute Gasteiger partial charge is 0.484 e. The van der Waals surface area contributed by atoms with Crippen LogP contribution in [0.25, 0.3) is 11.3 Å². The van der Waals surface area contributed by atoms with Gasteiger partial charge in [-0.1, -0.05) is 0 Å². The number of rotatable bonds is 5. The minimum atomic E-state index is -5.26. The topological polar surface area (TPSA) is 72.7 Å². The molecule has 15 heteroatoms. The van der Waals surface area contributed by atoms with Crippen molar-refractivity contribution in [3.05, 3.63) is 70.9 Å². The Hall–Kier alpha value is -4.29. The molecule has 0 N–H and O–H groups in total. The molecule has 0 unspecified atom stereocenters. The van der Waals surface area contributed by atoms with Gasteiger partial charge in [-0.3, -0.25) is 14.7 Å². The second-order valence-corrected chi connectivity index (χ2v) is 11.5. The summed E-state index contributed by atoms with van der Waals surface area (Å²) in [6.45, 7) is 4.05. The Bertz CT molecular complexity index is 1730. The Labute approximate surface area is 258 Å². The van der Waals surface area contributed by atoms with Gasteiger partial charge in [0.25, 0.3) is 5.91 Å². The molecule has 1 aromatic heterocycles. The van der Waals surface area contributed by atoms with Crippen molar-refractivity contribution in [2.24, 2.45) is 0 Å². The van der Waals surface area contributed by atoms with E-state index in [2.05, 4.69) is 9.88 Å². The van der Waals surface area contributed by atoms with Crippen LogP contribution in [0.4, 0.5) is 42.1 Å². The van der Waals surface area contributed by atoms with Crippen LogP contribution in [-0.4, -0.2) is 52.7 Å². The Balaban J connectivity index is 1.47. The van der Waals surface area contributed by atoms with Gasteiger partial charge in [-0.2, -0.15) is 18.4 Å². The number of piperidine rings is 1. The predicted molar refractivity (Wildman–Crippen MR) is 153 cm³/mol. The molecule has 1 amide bonds. The van der Waals surface area contributed by atoms with Crippen LogP contribution in [0.2, 0.25) is 0 Å². The maximum Gasteiger partial charge on any atom is 0.420 e.